The third-order valence-electron chi connectivity index (χ3n) is 3.16. The largest absolute Gasteiger partial charge is 0.461 e. The summed E-state index contributed by atoms with van der Waals surface area (Å²) in [5.41, 5.74) is 0. The normalized spacial score (nSPS) is 11.1. The second kappa shape index (κ2) is 9.42. The van der Waals surface area contributed by atoms with Crippen LogP contribution in [0.4, 0.5) is 0 Å². The number of rotatable bonds is 6. The zero-order valence-corrected chi connectivity index (χ0v) is 16.3. The van der Waals surface area contributed by atoms with Crippen molar-refractivity contribution in [1.29, 1.82) is 0 Å². The van der Waals surface area contributed by atoms with Crippen molar-refractivity contribution in [2.75, 3.05) is 13.6 Å². The van der Waals surface area contributed by atoms with Gasteiger partial charge in [0.1, 0.15) is 5.82 Å². The standard InChI is InChI=1S/C15H18N6OS.HI/c1-16-15(17-7-6-11-4-3-9-23-11)18-10-13-19-14(21-20-13)12-5-2-8-22-12;/h2-5,8-9H,6-7,10H2,1H3,(H2,16,17,18)(H,19,20,21);1H. The minimum absolute atomic E-state index is 0. The van der Waals surface area contributed by atoms with Crippen molar-refractivity contribution in [3.63, 3.8) is 0 Å². The zero-order chi connectivity index (χ0) is 15.9. The minimum Gasteiger partial charge on any atom is -0.461 e. The number of hydrogen-bond donors (Lipinski definition) is 3. The van der Waals surface area contributed by atoms with Gasteiger partial charge in [-0.2, -0.15) is 0 Å². The van der Waals surface area contributed by atoms with Gasteiger partial charge in [0.2, 0.25) is 5.82 Å². The van der Waals surface area contributed by atoms with Crippen LogP contribution in [0.5, 0.6) is 0 Å². The van der Waals surface area contributed by atoms with Crippen LogP contribution >= 0.6 is 35.3 Å². The molecular weight excluding hydrogens is 439 g/mol. The van der Waals surface area contributed by atoms with E-state index in [1.807, 2.05) is 12.1 Å². The highest BCUT2D eigenvalue weighted by molar-refractivity contribution is 14.0. The number of halogens is 1. The molecule has 0 radical (unpaired) electrons. The van der Waals surface area contributed by atoms with E-state index in [2.05, 4.69) is 48.3 Å². The Labute approximate surface area is 161 Å². The molecule has 0 amide bonds. The van der Waals surface area contributed by atoms with Crippen LogP contribution in [0.25, 0.3) is 11.6 Å². The van der Waals surface area contributed by atoms with Gasteiger partial charge in [0.25, 0.3) is 0 Å². The summed E-state index contributed by atoms with van der Waals surface area (Å²) in [7, 11) is 1.75. The van der Waals surface area contributed by atoms with Crippen LogP contribution in [0.15, 0.2) is 45.3 Å². The molecule has 3 aromatic rings. The van der Waals surface area contributed by atoms with Crippen LogP contribution in [-0.4, -0.2) is 34.7 Å². The Morgan fingerprint density at radius 2 is 2.25 bits per heavy atom. The SMILES string of the molecule is CN=C(NCCc1cccs1)NCc1nc(-c2ccco2)n[nH]1.I. The number of hydrogen-bond acceptors (Lipinski definition) is 5. The molecule has 0 atom stereocenters. The first kappa shape index (κ1) is 18.5. The molecule has 0 saturated heterocycles. The first-order chi connectivity index (χ1) is 11.3. The number of guanidine groups is 1. The highest BCUT2D eigenvalue weighted by Crippen LogP contribution is 2.14. The average molecular weight is 458 g/mol. The third kappa shape index (κ3) is 5.06. The van der Waals surface area contributed by atoms with Crippen LogP contribution in [-0.2, 0) is 13.0 Å². The van der Waals surface area contributed by atoms with E-state index in [9.17, 15) is 0 Å². The van der Waals surface area contributed by atoms with Gasteiger partial charge in [-0.05, 0) is 30.0 Å². The van der Waals surface area contributed by atoms with Gasteiger partial charge in [-0.1, -0.05) is 6.07 Å². The monoisotopic (exact) mass is 458 g/mol. The lowest BCUT2D eigenvalue weighted by Crippen LogP contribution is -2.38. The molecule has 7 nitrogen and oxygen atoms in total. The maximum absolute atomic E-state index is 5.27. The molecule has 0 saturated carbocycles. The summed E-state index contributed by atoms with van der Waals surface area (Å²) in [5.74, 6) is 2.65. The van der Waals surface area contributed by atoms with E-state index in [-0.39, 0.29) is 24.0 Å². The first-order valence-electron chi connectivity index (χ1n) is 7.27. The number of aliphatic imine (C=N–C) groups is 1. The zero-order valence-electron chi connectivity index (χ0n) is 13.2. The van der Waals surface area contributed by atoms with Gasteiger partial charge in [0.15, 0.2) is 11.7 Å². The summed E-state index contributed by atoms with van der Waals surface area (Å²) in [4.78, 5) is 9.92. The second-order valence-corrected chi connectivity index (χ2v) is 5.80. The Bertz CT molecular complexity index is 738. The van der Waals surface area contributed by atoms with Crippen LogP contribution in [0.3, 0.4) is 0 Å². The number of aromatic amines is 1. The summed E-state index contributed by atoms with van der Waals surface area (Å²) < 4.78 is 5.27. The van der Waals surface area contributed by atoms with Crippen molar-refractivity contribution in [2.24, 2.45) is 4.99 Å². The molecule has 0 fully saturated rings. The van der Waals surface area contributed by atoms with Crippen LogP contribution in [0.2, 0.25) is 0 Å². The number of thiophene rings is 1. The van der Waals surface area contributed by atoms with E-state index in [1.165, 1.54) is 4.88 Å². The summed E-state index contributed by atoms with van der Waals surface area (Å²) in [5, 5.41) is 15.6. The third-order valence-corrected chi connectivity index (χ3v) is 4.10. The molecule has 0 aliphatic heterocycles. The molecule has 3 aromatic heterocycles. The Kier molecular flexibility index (Phi) is 7.25. The predicted molar refractivity (Wildman–Crippen MR) is 106 cm³/mol. The number of H-pyrrole nitrogens is 1. The van der Waals surface area contributed by atoms with Gasteiger partial charge in [0, 0.05) is 18.5 Å². The highest BCUT2D eigenvalue weighted by atomic mass is 127. The summed E-state index contributed by atoms with van der Waals surface area (Å²) in [6.07, 6.45) is 2.58. The Balaban J connectivity index is 0.00000208. The molecular formula is C15H19IN6OS. The van der Waals surface area contributed by atoms with Crippen LogP contribution in [0, 0.1) is 0 Å². The van der Waals surface area contributed by atoms with E-state index in [0.717, 1.165) is 24.7 Å². The molecule has 0 spiro atoms. The second-order valence-electron chi connectivity index (χ2n) is 4.76. The lowest BCUT2D eigenvalue weighted by atomic mass is 10.3. The van der Waals surface area contributed by atoms with Crippen molar-refractivity contribution in [3.8, 4) is 11.6 Å². The fourth-order valence-corrected chi connectivity index (χ4v) is 2.75. The molecule has 3 heterocycles. The molecule has 0 unspecified atom stereocenters. The highest BCUT2D eigenvalue weighted by Gasteiger charge is 2.08. The minimum atomic E-state index is 0. The van der Waals surface area contributed by atoms with E-state index in [4.69, 9.17) is 4.42 Å². The molecule has 3 rings (SSSR count). The fraction of sp³-hybridized carbons (Fsp3) is 0.267. The Hall–Kier alpha value is -1.88. The van der Waals surface area contributed by atoms with Gasteiger partial charge in [0.05, 0.1) is 12.8 Å². The molecule has 24 heavy (non-hydrogen) atoms. The van der Waals surface area contributed by atoms with E-state index >= 15 is 0 Å². The Morgan fingerprint density at radius 1 is 1.33 bits per heavy atom. The molecule has 3 N–H and O–H groups in total. The average Bonchev–Trinajstić information content (AvgIpc) is 3.32. The fourth-order valence-electron chi connectivity index (χ4n) is 2.04. The first-order valence-corrected chi connectivity index (χ1v) is 8.15. The number of nitrogens with one attached hydrogen (secondary N) is 3. The van der Waals surface area contributed by atoms with E-state index < -0.39 is 0 Å². The predicted octanol–water partition coefficient (Wildman–Crippen LogP) is 2.65. The smallest absolute Gasteiger partial charge is 0.216 e. The lowest BCUT2D eigenvalue weighted by molar-refractivity contribution is 0.577. The van der Waals surface area contributed by atoms with Gasteiger partial charge in [-0.15, -0.1) is 40.4 Å². The molecule has 0 aliphatic rings. The van der Waals surface area contributed by atoms with Gasteiger partial charge in [-0.25, -0.2) is 4.98 Å². The molecule has 9 heteroatoms. The number of aromatic nitrogens is 3. The van der Waals surface area contributed by atoms with Crippen LogP contribution in [0.1, 0.15) is 10.7 Å². The molecule has 128 valence electrons. The molecule has 0 bridgehead atoms. The van der Waals surface area contributed by atoms with Gasteiger partial charge in [-0.3, -0.25) is 10.1 Å². The molecule has 0 aliphatic carbocycles. The van der Waals surface area contributed by atoms with Crippen molar-refractivity contribution >= 4 is 41.3 Å². The summed E-state index contributed by atoms with van der Waals surface area (Å²) in [6, 6.07) is 7.83. The summed E-state index contributed by atoms with van der Waals surface area (Å²) in [6.45, 7) is 1.33. The van der Waals surface area contributed by atoms with Crippen molar-refractivity contribution in [2.45, 2.75) is 13.0 Å². The van der Waals surface area contributed by atoms with E-state index in [1.54, 1.807) is 24.6 Å². The van der Waals surface area contributed by atoms with Gasteiger partial charge < -0.3 is 15.1 Å². The Morgan fingerprint density at radius 3 is 2.96 bits per heavy atom. The topological polar surface area (TPSA) is 91.1 Å². The maximum Gasteiger partial charge on any atom is 0.216 e. The van der Waals surface area contributed by atoms with Crippen molar-refractivity contribution in [1.82, 2.24) is 25.8 Å². The molecule has 0 aromatic carbocycles. The number of nitrogens with zero attached hydrogens (tertiary/aromatic N) is 3. The summed E-state index contributed by atoms with van der Waals surface area (Å²) >= 11 is 1.76. The van der Waals surface area contributed by atoms with Gasteiger partial charge >= 0.3 is 0 Å². The van der Waals surface area contributed by atoms with Crippen molar-refractivity contribution < 1.29 is 4.42 Å². The van der Waals surface area contributed by atoms with E-state index in [0.29, 0.717) is 18.1 Å². The quantitative estimate of drug-likeness (QED) is 0.300. The van der Waals surface area contributed by atoms with Crippen molar-refractivity contribution in [3.05, 3.63) is 46.6 Å². The van der Waals surface area contributed by atoms with Crippen LogP contribution < -0.4 is 10.6 Å². The maximum atomic E-state index is 5.27. The lowest BCUT2D eigenvalue weighted by Gasteiger charge is -2.10. The number of furan rings is 1.